The highest BCUT2D eigenvalue weighted by Gasteiger charge is 2.31. The summed E-state index contributed by atoms with van der Waals surface area (Å²) in [5, 5.41) is 7.45. The maximum absolute atomic E-state index is 5.47. The van der Waals surface area contributed by atoms with Crippen LogP contribution in [0.5, 0.6) is 0 Å². The number of nitrogens with zero attached hydrogens (tertiary/aromatic N) is 2. The molecule has 1 saturated heterocycles. The SMILES string of the molecule is CCC(C)(OC)c1noc(C2CCCCN2)n1. The van der Waals surface area contributed by atoms with E-state index in [9.17, 15) is 0 Å². The lowest BCUT2D eigenvalue weighted by Crippen LogP contribution is -2.28. The highest BCUT2D eigenvalue weighted by Crippen LogP contribution is 2.28. The number of hydrogen-bond acceptors (Lipinski definition) is 5. The molecule has 5 nitrogen and oxygen atoms in total. The largest absolute Gasteiger partial charge is 0.370 e. The van der Waals surface area contributed by atoms with E-state index >= 15 is 0 Å². The maximum atomic E-state index is 5.47. The molecule has 2 unspecified atom stereocenters. The van der Waals surface area contributed by atoms with Crippen molar-refractivity contribution in [3.63, 3.8) is 0 Å². The minimum atomic E-state index is -0.448. The predicted molar refractivity (Wildman–Crippen MR) is 63.5 cm³/mol. The minimum Gasteiger partial charge on any atom is -0.370 e. The van der Waals surface area contributed by atoms with Crippen LogP contribution in [0, 0.1) is 0 Å². The van der Waals surface area contributed by atoms with Crippen molar-refractivity contribution in [2.24, 2.45) is 0 Å². The summed E-state index contributed by atoms with van der Waals surface area (Å²) in [5.74, 6) is 1.33. The molecule has 0 saturated carbocycles. The van der Waals surface area contributed by atoms with Crippen LogP contribution in [0.15, 0.2) is 4.52 Å². The summed E-state index contributed by atoms with van der Waals surface area (Å²) in [6.07, 6.45) is 4.32. The Morgan fingerprint density at radius 3 is 2.94 bits per heavy atom. The zero-order chi connectivity index (χ0) is 12.3. The summed E-state index contributed by atoms with van der Waals surface area (Å²) >= 11 is 0. The van der Waals surface area contributed by atoms with E-state index in [1.54, 1.807) is 7.11 Å². The summed E-state index contributed by atoms with van der Waals surface area (Å²) < 4.78 is 10.8. The first kappa shape index (κ1) is 12.5. The van der Waals surface area contributed by atoms with Gasteiger partial charge >= 0.3 is 0 Å². The standard InChI is InChI=1S/C12H21N3O2/c1-4-12(2,16-3)11-14-10(17-15-11)9-7-5-6-8-13-9/h9,13H,4-8H2,1-3H3. The molecular weight excluding hydrogens is 218 g/mol. The Bertz CT molecular complexity index is 354. The quantitative estimate of drug-likeness (QED) is 0.872. The number of ether oxygens (including phenoxy) is 1. The van der Waals surface area contributed by atoms with Gasteiger partial charge < -0.3 is 14.6 Å². The molecule has 1 aliphatic heterocycles. The van der Waals surface area contributed by atoms with Gasteiger partial charge in [-0.2, -0.15) is 4.98 Å². The number of nitrogens with one attached hydrogen (secondary N) is 1. The first-order valence-corrected chi connectivity index (χ1v) is 6.32. The Kier molecular flexibility index (Phi) is 3.79. The Morgan fingerprint density at radius 1 is 1.53 bits per heavy atom. The number of aromatic nitrogens is 2. The second kappa shape index (κ2) is 5.14. The summed E-state index contributed by atoms with van der Waals surface area (Å²) in [6.45, 7) is 5.06. The van der Waals surface area contributed by atoms with Gasteiger partial charge in [-0.1, -0.05) is 18.5 Å². The zero-order valence-electron chi connectivity index (χ0n) is 10.8. The van der Waals surface area contributed by atoms with Gasteiger partial charge in [-0.25, -0.2) is 0 Å². The lowest BCUT2D eigenvalue weighted by Gasteiger charge is -2.22. The van der Waals surface area contributed by atoms with Gasteiger partial charge in [0.25, 0.3) is 0 Å². The van der Waals surface area contributed by atoms with E-state index in [2.05, 4.69) is 22.4 Å². The average Bonchev–Trinajstić information content (AvgIpc) is 2.89. The summed E-state index contributed by atoms with van der Waals surface area (Å²) in [6, 6.07) is 0.211. The topological polar surface area (TPSA) is 60.2 Å². The van der Waals surface area contributed by atoms with Crippen molar-refractivity contribution in [3.05, 3.63) is 11.7 Å². The van der Waals surface area contributed by atoms with Crippen molar-refractivity contribution in [1.82, 2.24) is 15.5 Å². The number of methoxy groups -OCH3 is 1. The Labute approximate surface area is 102 Å². The molecule has 2 atom stereocenters. The van der Waals surface area contributed by atoms with Gasteiger partial charge in [0.2, 0.25) is 11.7 Å². The van der Waals surface area contributed by atoms with Gasteiger partial charge in [0.1, 0.15) is 5.60 Å². The fraction of sp³-hybridized carbons (Fsp3) is 0.833. The molecule has 1 aliphatic rings. The highest BCUT2D eigenvalue weighted by molar-refractivity contribution is 5.02. The third-order valence-electron chi connectivity index (χ3n) is 3.65. The van der Waals surface area contributed by atoms with Crippen LogP contribution in [-0.2, 0) is 10.3 Å². The molecule has 1 N–H and O–H groups in total. The van der Waals surface area contributed by atoms with Gasteiger partial charge in [-0.05, 0) is 32.7 Å². The van der Waals surface area contributed by atoms with E-state index in [1.807, 2.05) is 6.92 Å². The first-order chi connectivity index (χ1) is 8.19. The predicted octanol–water partition coefficient (Wildman–Crippen LogP) is 2.16. The third-order valence-corrected chi connectivity index (χ3v) is 3.65. The number of rotatable bonds is 4. The van der Waals surface area contributed by atoms with Crippen molar-refractivity contribution >= 4 is 0 Å². The second-order valence-electron chi connectivity index (χ2n) is 4.75. The Hall–Kier alpha value is -0.940. The molecule has 0 aliphatic carbocycles. The van der Waals surface area contributed by atoms with Crippen molar-refractivity contribution in [1.29, 1.82) is 0 Å². The highest BCUT2D eigenvalue weighted by atomic mass is 16.5. The molecule has 1 aromatic heterocycles. The van der Waals surface area contributed by atoms with E-state index in [0.717, 1.165) is 19.4 Å². The number of hydrogen-bond donors (Lipinski definition) is 1. The van der Waals surface area contributed by atoms with Crippen LogP contribution in [0.3, 0.4) is 0 Å². The van der Waals surface area contributed by atoms with Crippen LogP contribution in [0.25, 0.3) is 0 Å². The fourth-order valence-electron chi connectivity index (χ4n) is 2.05. The van der Waals surface area contributed by atoms with Gasteiger partial charge in [-0.3, -0.25) is 0 Å². The van der Waals surface area contributed by atoms with Crippen LogP contribution < -0.4 is 5.32 Å². The number of piperidine rings is 1. The van der Waals surface area contributed by atoms with Gasteiger partial charge in [0.15, 0.2) is 0 Å². The molecule has 0 spiro atoms. The van der Waals surface area contributed by atoms with Crippen LogP contribution in [-0.4, -0.2) is 23.8 Å². The molecule has 1 aromatic rings. The van der Waals surface area contributed by atoms with E-state index in [4.69, 9.17) is 9.26 Å². The molecule has 5 heteroatoms. The normalized spacial score (nSPS) is 24.5. The fourth-order valence-corrected chi connectivity index (χ4v) is 2.05. The molecule has 0 aromatic carbocycles. The molecule has 0 radical (unpaired) electrons. The van der Waals surface area contributed by atoms with Crippen molar-refractivity contribution in [3.8, 4) is 0 Å². The molecule has 0 bridgehead atoms. The van der Waals surface area contributed by atoms with Crippen molar-refractivity contribution in [2.45, 2.75) is 51.2 Å². The van der Waals surface area contributed by atoms with Crippen LogP contribution >= 0.6 is 0 Å². The van der Waals surface area contributed by atoms with Crippen LogP contribution in [0.2, 0.25) is 0 Å². The lowest BCUT2D eigenvalue weighted by molar-refractivity contribution is -0.0106. The minimum absolute atomic E-state index is 0.211. The molecule has 96 valence electrons. The molecule has 0 amide bonds. The van der Waals surface area contributed by atoms with E-state index < -0.39 is 5.60 Å². The van der Waals surface area contributed by atoms with Crippen LogP contribution in [0.1, 0.15) is 57.3 Å². The Morgan fingerprint density at radius 2 is 2.35 bits per heavy atom. The second-order valence-corrected chi connectivity index (χ2v) is 4.75. The first-order valence-electron chi connectivity index (χ1n) is 6.32. The monoisotopic (exact) mass is 239 g/mol. The smallest absolute Gasteiger partial charge is 0.243 e. The Balaban J connectivity index is 2.14. The van der Waals surface area contributed by atoms with Crippen molar-refractivity contribution in [2.75, 3.05) is 13.7 Å². The lowest BCUT2D eigenvalue weighted by atomic mass is 10.0. The van der Waals surface area contributed by atoms with E-state index in [1.165, 1.54) is 12.8 Å². The zero-order valence-corrected chi connectivity index (χ0v) is 10.8. The van der Waals surface area contributed by atoms with Gasteiger partial charge in [0, 0.05) is 7.11 Å². The maximum Gasteiger partial charge on any atom is 0.243 e. The molecule has 17 heavy (non-hydrogen) atoms. The van der Waals surface area contributed by atoms with E-state index in [0.29, 0.717) is 11.7 Å². The van der Waals surface area contributed by atoms with Gasteiger partial charge in [-0.15, -0.1) is 0 Å². The van der Waals surface area contributed by atoms with Crippen molar-refractivity contribution < 1.29 is 9.26 Å². The van der Waals surface area contributed by atoms with Gasteiger partial charge in [0.05, 0.1) is 6.04 Å². The summed E-state index contributed by atoms with van der Waals surface area (Å²) in [4.78, 5) is 4.48. The third kappa shape index (κ3) is 2.50. The van der Waals surface area contributed by atoms with E-state index in [-0.39, 0.29) is 6.04 Å². The van der Waals surface area contributed by atoms with Crippen LogP contribution in [0.4, 0.5) is 0 Å². The molecular formula is C12H21N3O2. The summed E-state index contributed by atoms with van der Waals surface area (Å²) in [5.41, 5.74) is -0.448. The summed E-state index contributed by atoms with van der Waals surface area (Å²) in [7, 11) is 1.68. The molecule has 2 rings (SSSR count). The average molecular weight is 239 g/mol. The molecule has 1 fully saturated rings. The molecule has 2 heterocycles.